The van der Waals surface area contributed by atoms with Gasteiger partial charge in [-0.1, -0.05) is 36.8 Å². The van der Waals surface area contributed by atoms with Crippen molar-refractivity contribution in [3.63, 3.8) is 0 Å². The molecule has 5 heteroatoms. The minimum Gasteiger partial charge on any atom is -0.384 e. The van der Waals surface area contributed by atoms with Gasteiger partial charge in [0.25, 0.3) is 0 Å². The highest BCUT2D eigenvalue weighted by Crippen LogP contribution is 2.47. The molecule has 0 bridgehead atoms. The van der Waals surface area contributed by atoms with Gasteiger partial charge in [0.1, 0.15) is 5.54 Å². The zero-order valence-corrected chi connectivity index (χ0v) is 16.3. The lowest BCUT2D eigenvalue weighted by atomic mass is 9.67. The van der Waals surface area contributed by atoms with Crippen LogP contribution in [0.25, 0.3) is 0 Å². The first kappa shape index (κ1) is 18.5. The quantitative estimate of drug-likeness (QED) is 0.801. The van der Waals surface area contributed by atoms with Crippen LogP contribution in [0.3, 0.4) is 0 Å². The van der Waals surface area contributed by atoms with Crippen molar-refractivity contribution in [2.75, 3.05) is 26.8 Å². The minimum atomic E-state index is -0.625. The van der Waals surface area contributed by atoms with E-state index in [0.717, 1.165) is 57.1 Å². The molecule has 27 heavy (non-hydrogen) atoms. The van der Waals surface area contributed by atoms with Crippen LogP contribution in [-0.2, 0) is 20.9 Å². The summed E-state index contributed by atoms with van der Waals surface area (Å²) < 4.78 is 5.39. The van der Waals surface area contributed by atoms with Gasteiger partial charge in [0.2, 0.25) is 11.8 Å². The highest BCUT2D eigenvalue weighted by atomic mass is 16.5. The molecule has 1 aromatic carbocycles. The molecular formula is C22H30N2O3. The van der Waals surface area contributed by atoms with Crippen LogP contribution >= 0.6 is 0 Å². The fourth-order valence-corrected chi connectivity index (χ4v) is 5.26. The molecule has 146 valence electrons. The van der Waals surface area contributed by atoms with Crippen molar-refractivity contribution < 1.29 is 14.3 Å². The Bertz CT molecular complexity index is 701. The average Bonchev–Trinajstić information content (AvgIpc) is 3.07. The second kappa shape index (κ2) is 7.27. The Morgan fingerprint density at radius 3 is 2.37 bits per heavy atom. The van der Waals surface area contributed by atoms with Gasteiger partial charge in [-0.2, -0.15) is 0 Å². The summed E-state index contributed by atoms with van der Waals surface area (Å²) in [4.78, 5) is 31.0. The lowest BCUT2D eigenvalue weighted by Gasteiger charge is -2.49. The number of carbonyl (C=O) groups is 2. The highest BCUT2D eigenvalue weighted by molar-refractivity contribution is 5.95. The standard InChI is InChI=1S/C22H30N2O3/c1-27-17-21(10-5-11-21)19(25)24-15-7-13-22(24)12-6-14-23(20(22)26)16-18-8-3-2-4-9-18/h2-4,8-9H,5-7,10-17H2,1H3. The molecular weight excluding hydrogens is 340 g/mol. The van der Waals surface area contributed by atoms with E-state index in [-0.39, 0.29) is 11.8 Å². The molecule has 3 fully saturated rings. The van der Waals surface area contributed by atoms with Gasteiger partial charge >= 0.3 is 0 Å². The second-order valence-corrected chi connectivity index (χ2v) is 8.47. The van der Waals surface area contributed by atoms with E-state index in [2.05, 4.69) is 12.1 Å². The van der Waals surface area contributed by atoms with Crippen molar-refractivity contribution in [1.29, 1.82) is 0 Å². The maximum absolute atomic E-state index is 13.6. The summed E-state index contributed by atoms with van der Waals surface area (Å²) in [5.74, 6) is 0.304. The van der Waals surface area contributed by atoms with E-state index < -0.39 is 11.0 Å². The molecule has 5 nitrogen and oxygen atoms in total. The molecule has 1 saturated carbocycles. The number of hydrogen-bond acceptors (Lipinski definition) is 3. The highest BCUT2D eigenvalue weighted by Gasteiger charge is 2.57. The Kier molecular flexibility index (Phi) is 4.97. The van der Waals surface area contributed by atoms with E-state index in [0.29, 0.717) is 19.7 Å². The predicted octanol–water partition coefficient (Wildman–Crippen LogP) is 2.99. The molecule has 1 unspecified atom stereocenters. The number of rotatable bonds is 5. The Morgan fingerprint density at radius 1 is 1.04 bits per heavy atom. The maximum Gasteiger partial charge on any atom is 0.248 e. The van der Waals surface area contributed by atoms with E-state index in [4.69, 9.17) is 4.74 Å². The summed E-state index contributed by atoms with van der Waals surface area (Å²) >= 11 is 0. The van der Waals surface area contributed by atoms with Crippen molar-refractivity contribution >= 4 is 11.8 Å². The van der Waals surface area contributed by atoms with Gasteiger partial charge in [-0.25, -0.2) is 0 Å². The molecule has 1 spiro atoms. The SMILES string of the molecule is COCC1(C(=O)N2CCCC23CCCN(Cc2ccccc2)C3=O)CCC1. The number of carbonyl (C=O) groups excluding carboxylic acids is 2. The smallest absolute Gasteiger partial charge is 0.248 e. The van der Waals surface area contributed by atoms with Crippen molar-refractivity contribution in [3.05, 3.63) is 35.9 Å². The van der Waals surface area contributed by atoms with E-state index in [1.807, 2.05) is 28.0 Å². The van der Waals surface area contributed by atoms with Crippen LogP contribution in [0.4, 0.5) is 0 Å². The van der Waals surface area contributed by atoms with Crippen LogP contribution in [0, 0.1) is 5.41 Å². The second-order valence-electron chi connectivity index (χ2n) is 8.47. The van der Waals surface area contributed by atoms with Crippen molar-refractivity contribution in [1.82, 2.24) is 9.80 Å². The van der Waals surface area contributed by atoms with Gasteiger partial charge < -0.3 is 14.5 Å². The van der Waals surface area contributed by atoms with E-state index in [1.165, 1.54) is 0 Å². The molecule has 1 aliphatic carbocycles. The molecule has 0 radical (unpaired) electrons. The van der Waals surface area contributed by atoms with Gasteiger partial charge in [-0.15, -0.1) is 0 Å². The Hall–Kier alpha value is -1.88. The number of nitrogens with zero attached hydrogens (tertiary/aromatic N) is 2. The average molecular weight is 370 g/mol. The third kappa shape index (κ3) is 3.06. The van der Waals surface area contributed by atoms with Crippen molar-refractivity contribution in [3.8, 4) is 0 Å². The fourth-order valence-electron chi connectivity index (χ4n) is 5.26. The lowest BCUT2D eigenvalue weighted by Crippen LogP contribution is -2.64. The third-order valence-corrected chi connectivity index (χ3v) is 6.84. The summed E-state index contributed by atoms with van der Waals surface area (Å²) in [6.45, 7) is 2.59. The van der Waals surface area contributed by atoms with Crippen LogP contribution in [0.2, 0.25) is 0 Å². The molecule has 2 heterocycles. The molecule has 4 rings (SSSR count). The monoisotopic (exact) mass is 370 g/mol. The molecule has 3 aliphatic rings. The molecule has 1 aromatic rings. The predicted molar refractivity (Wildman–Crippen MR) is 103 cm³/mol. The summed E-state index contributed by atoms with van der Waals surface area (Å²) in [6.07, 6.45) is 6.31. The van der Waals surface area contributed by atoms with E-state index >= 15 is 0 Å². The zero-order chi connectivity index (χ0) is 18.9. The zero-order valence-electron chi connectivity index (χ0n) is 16.3. The van der Waals surface area contributed by atoms with Gasteiger partial charge in [0, 0.05) is 26.7 Å². The molecule has 2 amide bonds. The normalized spacial score (nSPS) is 27.1. The van der Waals surface area contributed by atoms with Crippen LogP contribution in [-0.4, -0.2) is 54.0 Å². The summed E-state index contributed by atoms with van der Waals surface area (Å²) in [6, 6.07) is 10.1. The number of hydrogen-bond donors (Lipinski definition) is 0. The van der Waals surface area contributed by atoms with Gasteiger partial charge in [0.15, 0.2) is 0 Å². The summed E-state index contributed by atoms with van der Waals surface area (Å²) in [7, 11) is 1.67. The number of piperidine rings is 1. The number of ether oxygens (including phenoxy) is 1. The minimum absolute atomic E-state index is 0.148. The van der Waals surface area contributed by atoms with Crippen molar-refractivity contribution in [2.24, 2.45) is 5.41 Å². The summed E-state index contributed by atoms with van der Waals surface area (Å²) in [5, 5.41) is 0. The molecule has 2 saturated heterocycles. The van der Waals surface area contributed by atoms with Gasteiger partial charge in [-0.05, 0) is 44.1 Å². The van der Waals surface area contributed by atoms with Crippen LogP contribution in [0.5, 0.6) is 0 Å². The Balaban J connectivity index is 1.56. The molecule has 1 atom stereocenters. The maximum atomic E-state index is 13.6. The van der Waals surface area contributed by atoms with Crippen LogP contribution < -0.4 is 0 Å². The molecule has 2 aliphatic heterocycles. The van der Waals surface area contributed by atoms with Crippen LogP contribution in [0.15, 0.2) is 30.3 Å². The molecule has 0 aromatic heterocycles. The fraction of sp³-hybridized carbons (Fsp3) is 0.636. The van der Waals surface area contributed by atoms with E-state index in [9.17, 15) is 9.59 Å². The van der Waals surface area contributed by atoms with E-state index in [1.54, 1.807) is 7.11 Å². The first-order chi connectivity index (χ1) is 13.1. The molecule has 0 N–H and O–H groups in total. The van der Waals surface area contributed by atoms with Crippen molar-refractivity contribution in [2.45, 2.75) is 57.0 Å². The number of benzene rings is 1. The van der Waals surface area contributed by atoms with Gasteiger partial charge in [0.05, 0.1) is 12.0 Å². The first-order valence-corrected chi connectivity index (χ1v) is 10.3. The Morgan fingerprint density at radius 2 is 1.74 bits per heavy atom. The lowest BCUT2D eigenvalue weighted by molar-refractivity contribution is -0.167. The number of amides is 2. The largest absolute Gasteiger partial charge is 0.384 e. The van der Waals surface area contributed by atoms with Crippen LogP contribution in [0.1, 0.15) is 50.5 Å². The number of likely N-dealkylation sites (tertiary alicyclic amines) is 2. The van der Waals surface area contributed by atoms with Gasteiger partial charge in [-0.3, -0.25) is 9.59 Å². The topological polar surface area (TPSA) is 49.9 Å². The Labute approximate surface area is 161 Å². The number of methoxy groups -OCH3 is 1. The first-order valence-electron chi connectivity index (χ1n) is 10.3. The third-order valence-electron chi connectivity index (χ3n) is 6.84. The summed E-state index contributed by atoms with van der Waals surface area (Å²) in [5.41, 5.74) is 0.128.